The number of carbonyl (C=O) groups excluding carboxylic acids is 1. The van der Waals surface area contributed by atoms with Crippen molar-refractivity contribution in [2.24, 2.45) is 11.8 Å². The van der Waals surface area contributed by atoms with Gasteiger partial charge in [0.1, 0.15) is 12.1 Å². The molecule has 1 amide bonds. The smallest absolute Gasteiger partial charge is 0.222 e. The van der Waals surface area contributed by atoms with E-state index in [1.807, 2.05) is 11.6 Å². The summed E-state index contributed by atoms with van der Waals surface area (Å²) in [5.74, 6) is 3.52. The summed E-state index contributed by atoms with van der Waals surface area (Å²) in [4.78, 5) is 28.3. The molecule has 8 heteroatoms. The van der Waals surface area contributed by atoms with Crippen LogP contribution in [0.3, 0.4) is 0 Å². The van der Waals surface area contributed by atoms with Gasteiger partial charge < -0.3 is 14.7 Å². The Morgan fingerprint density at radius 2 is 1.71 bits per heavy atom. The lowest BCUT2D eigenvalue weighted by Gasteiger charge is -2.26. The maximum absolute atomic E-state index is 12.2. The molecule has 2 unspecified atom stereocenters. The van der Waals surface area contributed by atoms with Crippen molar-refractivity contribution in [3.05, 3.63) is 29.8 Å². The summed E-state index contributed by atoms with van der Waals surface area (Å²) in [6.07, 6.45) is 5.79. The molecule has 0 aliphatic carbocycles. The maximum atomic E-state index is 12.2. The second-order valence-electron chi connectivity index (χ2n) is 9.45. The summed E-state index contributed by atoms with van der Waals surface area (Å²) in [6.45, 7) is 11.2. The number of nitrogens with zero attached hydrogens (tertiary/aromatic N) is 7. The van der Waals surface area contributed by atoms with Gasteiger partial charge in [-0.2, -0.15) is 5.10 Å². The van der Waals surface area contributed by atoms with Crippen LogP contribution >= 0.6 is 0 Å². The van der Waals surface area contributed by atoms with E-state index in [1.54, 1.807) is 6.33 Å². The minimum atomic E-state index is 0.352. The first-order valence-electron chi connectivity index (χ1n) is 11.7. The summed E-state index contributed by atoms with van der Waals surface area (Å²) in [6, 6.07) is 4.12. The first-order valence-corrected chi connectivity index (χ1v) is 11.7. The third kappa shape index (κ3) is 4.31. The van der Waals surface area contributed by atoms with Gasteiger partial charge in [0.2, 0.25) is 5.91 Å². The Morgan fingerprint density at radius 3 is 2.45 bits per heavy atom. The van der Waals surface area contributed by atoms with Crippen molar-refractivity contribution in [1.82, 2.24) is 29.5 Å². The third-order valence-corrected chi connectivity index (χ3v) is 7.11. The molecule has 0 radical (unpaired) electrons. The van der Waals surface area contributed by atoms with E-state index in [0.29, 0.717) is 17.7 Å². The van der Waals surface area contributed by atoms with Crippen LogP contribution in [0.1, 0.15) is 37.1 Å². The molecule has 0 saturated carbocycles. The Bertz CT molecular complexity index is 928. The van der Waals surface area contributed by atoms with Crippen LogP contribution in [0.25, 0.3) is 5.82 Å². The lowest BCUT2D eigenvalue weighted by Crippen LogP contribution is -2.38. The van der Waals surface area contributed by atoms with Crippen molar-refractivity contribution < 1.29 is 4.79 Å². The normalized spacial score (nSPS) is 24.6. The van der Waals surface area contributed by atoms with Crippen molar-refractivity contribution in [3.63, 3.8) is 0 Å². The van der Waals surface area contributed by atoms with Crippen LogP contribution in [0.4, 0.5) is 5.82 Å². The number of anilines is 1. The van der Waals surface area contributed by atoms with Crippen molar-refractivity contribution in [1.29, 1.82) is 0 Å². The fraction of sp³-hybridized carbons (Fsp3) is 0.652. The number of amides is 1. The highest BCUT2D eigenvalue weighted by atomic mass is 16.2. The molecule has 0 spiro atoms. The van der Waals surface area contributed by atoms with Crippen LogP contribution in [0.5, 0.6) is 0 Å². The molecule has 0 N–H and O–H groups in total. The second-order valence-corrected chi connectivity index (χ2v) is 9.45. The molecule has 2 atom stereocenters. The Labute approximate surface area is 184 Å². The number of rotatable bonds is 5. The van der Waals surface area contributed by atoms with Crippen LogP contribution in [-0.2, 0) is 4.79 Å². The van der Waals surface area contributed by atoms with Crippen molar-refractivity contribution in [3.8, 4) is 5.82 Å². The van der Waals surface area contributed by atoms with E-state index in [2.05, 4.69) is 48.8 Å². The monoisotopic (exact) mass is 423 g/mol. The highest BCUT2D eigenvalue weighted by Gasteiger charge is 2.40. The molecule has 31 heavy (non-hydrogen) atoms. The van der Waals surface area contributed by atoms with E-state index in [-0.39, 0.29) is 0 Å². The first-order chi connectivity index (χ1) is 15.1. The molecular weight excluding hydrogens is 390 g/mol. The molecule has 2 aromatic rings. The molecule has 166 valence electrons. The van der Waals surface area contributed by atoms with Crippen LogP contribution in [0, 0.1) is 25.7 Å². The molecule has 3 saturated heterocycles. The Morgan fingerprint density at radius 1 is 0.935 bits per heavy atom. The van der Waals surface area contributed by atoms with Gasteiger partial charge in [-0.05, 0) is 44.6 Å². The van der Waals surface area contributed by atoms with E-state index < -0.39 is 0 Å². The molecule has 3 aliphatic rings. The van der Waals surface area contributed by atoms with E-state index in [9.17, 15) is 4.79 Å². The van der Waals surface area contributed by atoms with Gasteiger partial charge in [0.25, 0.3) is 0 Å². The SMILES string of the molecule is Cc1cc(C)n(-c2cc(N3CC4CN(CCN5CCCCCC5=O)CC4C3)ncn2)n1. The number of aryl methyl sites for hydroxylation is 2. The van der Waals surface area contributed by atoms with Gasteiger partial charge in [0, 0.05) is 64.0 Å². The summed E-state index contributed by atoms with van der Waals surface area (Å²) in [5, 5.41) is 4.56. The largest absolute Gasteiger partial charge is 0.356 e. The zero-order valence-corrected chi connectivity index (χ0v) is 18.7. The predicted molar refractivity (Wildman–Crippen MR) is 119 cm³/mol. The van der Waals surface area contributed by atoms with E-state index in [0.717, 1.165) is 88.1 Å². The molecule has 0 aromatic carbocycles. The van der Waals surface area contributed by atoms with Crippen molar-refractivity contribution >= 4 is 11.7 Å². The maximum Gasteiger partial charge on any atom is 0.222 e. The second kappa shape index (κ2) is 8.57. The van der Waals surface area contributed by atoms with Gasteiger partial charge >= 0.3 is 0 Å². The van der Waals surface area contributed by atoms with Gasteiger partial charge in [0.05, 0.1) is 5.69 Å². The van der Waals surface area contributed by atoms with Crippen LogP contribution in [-0.4, -0.2) is 81.3 Å². The Balaban J connectivity index is 1.17. The number of hydrogen-bond acceptors (Lipinski definition) is 6. The summed E-state index contributed by atoms with van der Waals surface area (Å²) >= 11 is 0. The quantitative estimate of drug-likeness (QED) is 0.733. The highest BCUT2D eigenvalue weighted by Crippen LogP contribution is 2.33. The molecule has 8 nitrogen and oxygen atoms in total. The highest BCUT2D eigenvalue weighted by molar-refractivity contribution is 5.76. The zero-order valence-electron chi connectivity index (χ0n) is 18.7. The topological polar surface area (TPSA) is 70.4 Å². The number of fused-ring (bicyclic) bond motifs is 1. The van der Waals surface area contributed by atoms with Gasteiger partial charge in [-0.3, -0.25) is 4.79 Å². The summed E-state index contributed by atoms with van der Waals surface area (Å²) < 4.78 is 1.89. The fourth-order valence-corrected chi connectivity index (χ4v) is 5.48. The molecule has 3 aliphatic heterocycles. The van der Waals surface area contributed by atoms with Crippen LogP contribution in [0.15, 0.2) is 18.5 Å². The van der Waals surface area contributed by atoms with Crippen molar-refractivity contribution in [2.45, 2.75) is 39.5 Å². The predicted octanol–water partition coefficient (Wildman–Crippen LogP) is 2.05. The molecule has 5 rings (SSSR count). The summed E-state index contributed by atoms with van der Waals surface area (Å²) in [5.41, 5.74) is 2.08. The van der Waals surface area contributed by atoms with Crippen molar-refractivity contribution in [2.75, 3.05) is 50.7 Å². The van der Waals surface area contributed by atoms with Gasteiger partial charge in [0.15, 0.2) is 5.82 Å². The Kier molecular flexibility index (Phi) is 5.65. The molecular formula is C23H33N7O. The number of likely N-dealkylation sites (tertiary alicyclic amines) is 2. The lowest BCUT2D eigenvalue weighted by atomic mass is 10.0. The van der Waals surface area contributed by atoms with Gasteiger partial charge in [-0.15, -0.1) is 0 Å². The molecule has 3 fully saturated rings. The summed E-state index contributed by atoms with van der Waals surface area (Å²) in [7, 11) is 0. The Hall–Kier alpha value is -2.48. The van der Waals surface area contributed by atoms with E-state index in [1.165, 1.54) is 6.42 Å². The molecule has 0 bridgehead atoms. The average molecular weight is 424 g/mol. The fourth-order valence-electron chi connectivity index (χ4n) is 5.48. The van der Waals surface area contributed by atoms with E-state index in [4.69, 9.17) is 0 Å². The van der Waals surface area contributed by atoms with Gasteiger partial charge in [-0.25, -0.2) is 14.6 Å². The number of hydrogen-bond donors (Lipinski definition) is 0. The standard InChI is InChI=1S/C23H33N7O/c1-17-10-18(2)30(26-17)22-11-21(24-16-25-22)29-14-19-12-27(13-20(19)15-29)8-9-28-7-5-3-4-6-23(28)31/h10-11,16,19-20H,3-9,12-15H2,1-2H3. The number of aromatic nitrogens is 4. The molecule has 2 aromatic heterocycles. The average Bonchev–Trinajstić information content (AvgIpc) is 3.37. The number of carbonyl (C=O) groups is 1. The van der Waals surface area contributed by atoms with Crippen LogP contribution in [0.2, 0.25) is 0 Å². The van der Waals surface area contributed by atoms with Gasteiger partial charge in [-0.1, -0.05) is 6.42 Å². The third-order valence-electron chi connectivity index (χ3n) is 7.11. The minimum Gasteiger partial charge on any atom is -0.356 e. The molecule has 5 heterocycles. The van der Waals surface area contributed by atoms with E-state index >= 15 is 0 Å². The first kappa shape index (κ1) is 20.4. The lowest BCUT2D eigenvalue weighted by molar-refractivity contribution is -0.130. The van der Waals surface area contributed by atoms with Crippen LogP contribution < -0.4 is 4.90 Å². The minimum absolute atomic E-state index is 0.352. The zero-order chi connectivity index (χ0) is 21.4.